The van der Waals surface area contributed by atoms with Crippen molar-refractivity contribution in [3.63, 3.8) is 0 Å². The fourth-order valence-electron chi connectivity index (χ4n) is 4.81. The van der Waals surface area contributed by atoms with Crippen LogP contribution in [-0.4, -0.2) is 40.7 Å². The summed E-state index contributed by atoms with van der Waals surface area (Å²) in [6, 6.07) is 19.3. The molecule has 1 heterocycles. The second-order valence-corrected chi connectivity index (χ2v) is 10.8. The number of sulfonamides is 1. The molecule has 7 heteroatoms. The van der Waals surface area contributed by atoms with Gasteiger partial charge in [-0.3, -0.25) is 4.72 Å². The number of rotatable bonds is 6. The molecule has 180 valence electrons. The van der Waals surface area contributed by atoms with Crippen LogP contribution in [0.1, 0.15) is 25.0 Å². The molecule has 0 aliphatic carbocycles. The first-order chi connectivity index (χ1) is 16.2. The van der Waals surface area contributed by atoms with Crippen molar-refractivity contribution in [3.8, 4) is 16.9 Å². The summed E-state index contributed by atoms with van der Waals surface area (Å²) < 4.78 is 34.6. The summed E-state index contributed by atoms with van der Waals surface area (Å²) in [6.07, 6.45) is 0. The molecule has 0 unspecified atom stereocenters. The van der Waals surface area contributed by atoms with Crippen molar-refractivity contribution < 1.29 is 13.2 Å². The average molecular weight is 480 g/mol. The SMILES string of the molecule is COc1ccc(NS(=O)(=O)c2ccc(-c3c(C)cccc3C)cc2)cc1N1C[C@@H](C)N[C@@H](C)C1. The summed E-state index contributed by atoms with van der Waals surface area (Å²) >= 11 is 0. The Morgan fingerprint density at radius 2 is 1.56 bits per heavy atom. The number of ether oxygens (including phenoxy) is 1. The monoisotopic (exact) mass is 479 g/mol. The van der Waals surface area contributed by atoms with E-state index in [0.717, 1.165) is 46.8 Å². The number of piperazine rings is 1. The molecular weight excluding hydrogens is 446 g/mol. The highest BCUT2D eigenvalue weighted by Gasteiger charge is 2.24. The predicted molar refractivity (Wildman–Crippen MR) is 139 cm³/mol. The minimum atomic E-state index is -3.74. The third-order valence-electron chi connectivity index (χ3n) is 6.26. The van der Waals surface area contributed by atoms with Crippen molar-refractivity contribution in [1.82, 2.24) is 5.32 Å². The lowest BCUT2D eigenvalue weighted by molar-refractivity contribution is 0.391. The van der Waals surface area contributed by atoms with E-state index < -0.39 is 10.0 Å². The van der Waals surface area contributed by atoms with Crippen molar-refractivity contribution in [2.45, 2.75) is 44.7 Å². The van der Waals surface area contributed by atoms with Gasteiger partial charge in [0.2, 0.25) is 0 Å². The Morgan fingerprint density at radius 1 is 0.941 bits per heavy atom. The van der Waals surface area contributed by atoms with E-state index in [9.17, 15) is 8.42 Å². The van der Waals surface area contributed by atoms with Crippen molar-refractivity contribution in [3.05, 3.63) is 71.8 Å². The molecule has 0 spiro atoms. The molecule has 4 rings (SSSR count). The van der Waals surface area contributed by atoms with E-state index in [0.29, 0.717) is 17.8 Å². The molecule has 0 amide bonds. The molecule has 3 aromatic rings. The summed E-state index contributed by atoms with van der Waals surface area (Å²) in [5.74, 6) is 0.724. The number of hydrogen-bond acceptors (Lipinski definition) is 5. The first kappa shape index (κ1) is 24.1. The van der Waals surface area contributed by atoms with Crippen LogP contribution in [0.15, 0.2) is 65.6 Å². The highest BCUT2D eigenvalue weighted by molar-refractivity contribution is 7.92. The van der Waals surface area contributed by atoms with Gasteiger partial charge in [0.25, 0.3) is 10.0 Å². The minimum absolute atomic E-state index is 0.226. The third-order valence-corrected chi connectivity index (χ3v) is 7.66. The molecule has 2 atom stereocenters. The molecular formula is C27H33N3O3S. The van der Waals surface area contributed by atoms with Gasteiger partial charge in [0, 0.05) is 25.2 Å². The molecule has 0 aromatic heterocycles. The lowest BCUT2D eigenvalue weighted by atomic mass is 9.96. The molecule has 2 N–H and O–H groups in total. The zero-order valence-electron chi connectivity index (χ0n) is 20.4. The van der Waals surface area contributed by atoms with Gasteiger partial charge in [0.15, 0.2) is 0 Å². The standard InChI is InChI=1S/C27H33N3O3S/c1-18-7-6-8-19(2)27(18)22-9-12-24(13-10-22)34(31,32)29-23-11-14-26(33-5)25(15-23)30-16-20(3)28-21(4)17-30/h6-15,20-21,28-29H,16-17H2,1-5H3/t20-,21+. The normalized spacial score (nSPS) is 18.6. The second kappa shape index (κ2) is 9.68. The Labute approximate surface area is 203 Å². The fourth-order valence-corrected chi connectivity index (χ4v) is 5.86. The van der Waals surface area contributed by atoms with Crippen LogP contribution >= 0.6 is 0 Å². The van der Waals surface area contributed by atoms with Crippen LogP contribution in [0.5, 0.6) is 5.75 Å². The van der Waals surface area contributed by atoms with Crippen molar-refractivity contribution in [2.75, 3.05) is 29.8 Å². The summed E-state index contributed by atoms with van der Waals surface area (Å²) in [4.78, 5) is 2.46. The molecule has 6 nitrogen and oxygen atoms in total. The van der Waals surface area contributed by atoms with Crippen molar-refractivity contribution >= 4 is 21.4 Å². The average Bonchev–Trinajstić information content (AvgIpc) is 2.78. The van der Waals surface area contributed by atoms with Crippen LogP contribution in [0.3, 0.4) is 0 Å². The van der Waals surface area contributed by atoms with Crippen LogP contribution in [0.2, 0.25) is 0 Å². The zero-order valence-corrected chi connectivity index (χ0v) is 21.2. The van der Waals surface area contributed by atoms with E-state index in [1.54, 1.807) is 25.3 Å². The van der Waals surface area contributed by atoms with Gasteiger partial charge >= 0.3 is 0 Å². The molecule has 1 aliphatic rings. The Kier molecular flexibility index (Phi) is 6.86. The van der Waals surface area contributed by atoms with Crippen LogP contribution in [0, 0.1) is 13.8 Å². The number of benzene rings is 3. The van der Waals surface area contributed by atoms with E-state index in [1.807, 2.05) is 30.3 Å². The number of methoxy groups -OCH3 is 1. The summed E-state index contributed by atoms with van der Waals surface area (Å²) in [6.45, 7) is 10.0. The molecule has 0 bridgehead atoms. The van der Waals surface area contributed by atoms with Gasteiger partial charge in [0.05, 0.1) is 23.4 Å². The van der Waals surface area contributed by atoms with Gasteiger partial charge in [-0.25, -0.2) is 8.42 Å². The maximum atomic E-state index is 13.2. The molecule has 0 radical (unpaired) electrons. The Balaban J connectivity index is 1.60. The van der Waals surface area contributed by atoms with Gasteiger partial charge in [-0.05, 0) is 80.3 Å². The van der Waals surface area contributed by atoms with E-state index in [-0.39, 0.29) is 4.90 Å². The van der Waals surface area contributed by atoms with Gasteiger partial charge < -0.3 is 15.0 Å². The van der Waals surface area contributed by atoms with Gasteiger partial charge in [-0.1, -0.05) is 30.3 Å². The highest BCUT2D eigenvalue weighted by atomic mass is 32.2. The molecule has 1 saturated heterocycles. The molecule has 1 fully saturated rings. The number of hydrogen-bond donors (Lipinski definition) is 2. The summed E-state index contributed by atoms with van der Waals surface area (Å²) in [7, 11) is -2.11. The number of anilines is 2. The minimum Gasteiger partial charge on any atom is -0.495 e. The predicted octanol–water partition coefficient (Wildman–Crippen LogP) is 4.97. The highest BCUT2D eigenvalue weighted by Crippen LogP contribution is 2.34. The number of aryl methyl sites for hydroxylation is 2. The first-order valence-corrected chi connectivity index (χ1v) is 13.0. The van der Waals surface area contributed by atoms with E-state index in [4.69, 9.17) is 4.74 Å². The van der Waals surface area contributed by atoms with E-state index in [1.165, 1.54) is 0 Å². The fraction of sp³-hybridized carbons (Fsp3) is 0.333. The van der Waals surface area contributed by atoms with Gasteiger partial charge in [-0.2, -0.15) is 0 Å². The molecule has 0 saturated carbocycles. The van der Waals surface area contributed by atoms with Gasteiger partial charge in [0.1, 0.15) is 5.75 Å². The van der Waals surface area contributed by atoms with E-state index in [2.05, 4.69) is 54.8 Å². The summed E-state index contributed by atoms with van der Waals surface area (Å²) in [5, 5.41) is 3.52. The zero-order chi connectivity index (χ0) is 24.5. The number of nitrogens with one attached hydrogen (secondary N) is 2. The Morgan fingerprint density at radius 3 is 2.15 bits per heavy atom. The van der Waals surface area contributed by atoms with Crippen molar-refractivity contribution in [1.29, 1.82) is 0 Å². The molecule has 34 heavy (non-hydrogen) atoms. The maximum Gasteiger partial charge on any atom is 0.261 e. The quantitative estimate of drug-likeness (QED) is 0.523. The molecule has 1 aliphatic heterocycles. The van der Waals surface area contributed by atoms with E-state index >= 15 is 0 Å². The van der Waals surface area contributed by atoms with Crippen LogP contribution in [0.4, 0.5) is 11.4 Å². The second-order valence-electron chi connectivity index (χ2n) is 9.16. The van der Waals surface area contributed by atoms with Crippen LogP contribution in [0.25, 0.3) is 11.1 Å². The maximum absolute atomic E-state index is 13.2. The topological polar surface area (TPSA) is 70.7 Å². The lowest BCUT2D eigenvalue weighted by Crippen LogP contribution is -2.54. The van der Waals surface area contributed by atoms with Crippen LogP contribution < -0.4 is 19.7 Å². The Hall–Kier alpha value is -3.03. The van der Waals surface area contributed by atoms with Crippen LogP contribution in [-0.2, 0) is 10.0 Å². The summed E-state index contributed by atoms with van der Waals surface area (Å²) in [5.41, 5.74) is 5.86. The Bertz CT molecular complexity index is 1240. The lowest BCUT2D eigenvalue weighted by Gasteiger charge is -2.38. The smallest absolute Gasteiger partial charge is 0.261 e. The third kappa shape index (κ3) is 5.05. The number of nitrogens with zero attached hydrogens (tertiary/aromatic N) is 1. The molecule has 3 aromatic carbocycles. The largest absolute Gasteiger partial charge is 0.495 e. The van der Waals surface area contributed by atoms with Crippen molar-refractivity contribution in [2.24, 2.45) is 0 Å². The first-order valence-electron chi connectivity index (χ1n) is 11.6. The van der Waals surface area contributed by atoms with Gasteiger partial charge in [-0.15, -0.1) is 0 Å².